The first-order valence-electron chi connectivity index (χ1n) is 5.39. The summed E-state index contributed by atoms with van der Waals surface area (Å²) in [5.41, 5.74) is 7.75. The SMILES string of the molecule is CC(C)Nc1c(C(N)=O)cnc2cccnc12. The third-order valence-corrected chi connectivity index (χ3v) is 2.32. The van der Waals surface area contributed by atoms with Gasteiger partial charge in [-0.15, -0.1) is 0 Å². The first-order valence-corrected chi connectivity index (χ1v) is 5.39. The zero-order valence-corrected chi connectivity index (χ0v) is 9.77. The van der Waals surface area contributed by atoms with E-state index in [1.165, 1.54) is 6.20 Å². The highest BCUT2D eigenvalue weighted by Crippen LogP contribution is 2.24. The lowest BCUT2D eigenvalue weighted by Gasteiger charge is -2.14. The Hall–Kier alpha value is -2.17. The Morgan fingerprint density at radius 3 is 2.82 bits per heavy atom. The molecule has 0 aliphatic rings. The molecule has 2 heterocycles. The number of rotatable bonds is 3. The summed E-state index contributed by atoms with van der Waals surface area (Å²) in [6.07, 6.45) is 3.15. The molecule has 0 fully saturated rings. The molecule has 17 heavy (non-hydrogen) atoms. The van der Waals surface area contributed by atoms with Crippen LogP contribution in [0.4, 0.5) is 5.69 Å². The maximum absolute atomic E-state index is 11.4. The lowest BCUT2D eigenvalue weighted by Crippen LogP contribution is -2.18. The molecule has 5 heteroatoms. The van der Waals surface area contributed by atoms with E-state index in [1.807, 2.05) is 19.9 Å². The molecular weight excluding hydrogens is 216 g/mol. The number of carbonyl (C=O) groups is 1. The molecule has 0 unspecified atom stereocenters. The normalized spacial score (nSPS) is 10.8. The fourth-order valence-corrected chi connectivity index (χ4v) is 1.64. The fraction of sp³-hybridized carbons (Fsp3) is 0.250. The Morgan fingerprint density at radius 2 is 2.18 bits per heavy atom. The van der Waals surface area contributed by atoms with Crippen molar-refractivity contribution in [2.75, 3.05) is 5.32 Å². The zero-order chi connectivity index (χ0) is 12.4. The molecule has 0 bridgehead atoms. The van der Waals surface area contributed by atoms with Crippen LogP contribution >= 0.6 is 0 Å². The molecule has 0 saturated heterocycles. The standard InChI is InChI=1S/C12H14N4O/c1-7(2)16-10-8(12(13)17)6-15-9-4-3-5-14-11(9)10/h3-7H,1-2H3,(H2,13,17)(H,15,16). The monoisotopic (exact) mass is 230 g/mol. The van der Waals surface area contributed by atoms with Crippen molar-refractivity contribution in [2.45, 2.75) is 19.9 Å². The van der Waals surface area contributed by atoms with Crippen LogP contribution in [-0.2, 0) is 0 Å². The number of primary amides is 1. The predicted molar refractivity (Wildman–Crippen MR) is 66.8 cm³/mol. The van der Waals surface area contributed by atoms with Gasteiger partial charge in [0.25, 0.3) is 5.91 Å². The molecule has 0 atom stereocenters. The molecule has 88 valence electrons. The van der Waals surface area contributed by atoms with E-state index in [2.05, 4.69) is 15.3 Å². The molecule has 0 radical (unpaired) electrons. The maximum atomic E-state index is 11.4. The molecule has 3 N–H and O–H groups in total. The van der Waals surface area contributed by atoms with Gasteiger partial charge >= 0.3 is 0 Å². The number of nitrogens with two attached hydrogens (primary N) is 1. The van der Waals surface area contributed by atoms with Gasteiger partial charge in [-0.25, -0.2) is 0 Å². The molecule has 5 nitrogen and oxygen atoms in total. The van der Waals surface area contributed by atoms with Crippen molar-refractivity contribution in [1.82, 2.24) is 9.97 Å². The Labute approximate surface area is 99.1 Å². The molecule has 2 aromatic heterocycles. The van der Waals surface area contributed by atoms with E-state index in [9.17, 15) is 4.79 Å². The number of pyridine rings is 2. The van der Waals surface area contributed by atoms with Crippen LogP contribution in [0.3, 0.4) is 0 Å². The van der Waals surface area contributed by atoms with Crippen molar-refractivity contribution >= 4 is 22.6 Å². The Morgan fingerprint density at radius 1 is 1.41 bits per heavy atom. The second-order valence-electron chi connectivity index (χ2n) is 4.08. The summed E-state index contributed by atoms with van der Waals surface area (Å²) < 4.78 is 0. The second-order valence-corrected chi connectivity index (χ2v) is 4.08. The number of amides is 1. The van der Waals surface area contributed by atoms with Gasteiger partial charge in [-0.3, -0.25) is 14.8 Å². The van der Waals surface area contributed by atoms with Gasteiger partial charge < -0.3 is 11.1 Å². The van der Waals surface area contributed by atoms with Gasteiger partial charge in [0.05, 0.1) is 16.8 Å². The molecule has 0 spiro atoms. The summed E-state index contributed by atoms with van der Waals surface area (Å²) in [5, 5.41) is 3.19. The number of carbonyl (C=O) groups excluding carboxylic acids is 1. The number of hydrogen-bond acceptors (Lipinski definition) is 4. The first-order chi connectivity index (χ1) is 8.09. The van der Waals surface area contributed by atoms with E-state index in [1.54, 1.807) is 12.3 Å². The number of nitrogens with zero attached hydrogens (tertiary/aromatic N) is 2. The van der Waals surface area contributed by atoms with Crippen LogP contribution in [0, 0.1) is 0 Å². The molecule has 2 aromatic rings. The van der Waals surface area contributed by atoms with E-state index in [0.29, 0.717) is 16.8 Å². The van der Waals surface area contributed by atoms with Crippen molar-refractivity contribution < 1.29 is 4.79 Å². The summed E-state index contributed by atoms with van der Waals surface area (Å²) >= 11 is 0. The summed E-state index contributed by atoms with van der Waals surface area (Å²) in [6, 6.07) is 3.83. The van der Waals surface area contributed by atoms with E-state index >= 15 is 0 Å². The molecule has 2 rings (SSSR count). The molecule has 0 aliphatic heterocycles. The molecular formula is C12H14N4O. The van der Waals surface area contributed by atoms with Gasteiger partial charge in [0, 0.05) is 18.4 Å². The summed E-state index contributed by atoms with van der Waals surface area (Å²) in [6.45, 7) is 3.97. The van der Waals surface area contributed by atoms with E-state index < -0.39 is 5.91 Å². The summed E-state index contributed by atoms with van der Waals surface area (Å²) in [7, 11) is 0. The first kappa shape index (κ1) is 11.3. The van der Waals surface area contributed by atoms with Gasteiger partial charge in [-0.1, -0.05) is 0 Å². The quantitative estimate of drug-likeness (QED) is 0.838. The van der Waals surface area contributed by atoms with Crippen LogP contribution in [0.5, 0.6) is 0 Å². The lowest BCUT2D eigenvalue weighted by molar-refractivity contribution is 0.100. The van der Waals surface area contributed by atoms with Crippen molar-refractivity contribution in [3.05, 3.63) is 30.1 Å². The summed E-state index contributed by atoms with van der Waals surface area (Å²) in [5.74, 6) is -0.506. The highest BCUT2D eigenvalue weighted by Gasteiger charge is 2.14. The third-order valence-electron chi connectivity index (χ3n) is 2.32. The lowest BCUT2D eigenvalue weighted by atomic mass is 10.1. The minimum absolute atomic E-state index is 0.181. The second kappa shape index (κ2) is 4.37. The Kier molecular flexibility index (Phi) is 2.91. The highest BCUT2D eigenvalue weighted by atomic mass is 16.1. The largest absolute Gasteiger partial charge is 0.380 e. The van der Waals surface area contributed by atoms with Crippen LogP contribution in [0.25, 0.3) is 11.0 Å². The van der Waals surface area contributed by atoms with Gasteiger partial charge in [0.15, 0.2) is 0 Å². The topological polar surface area (TPSA) is 80.9 Å². The minimum Gasteiger partial charge on any atom is -0.380 e. The average Bonchev–Trinajstić information content (AvgIpc) is 2.28. The van der Waals surface area contributed by atoms with Crippen molar-refractivity contribution in [3.63, 3.8) is 0 Å². The van der Waals surface area contributed by atoms with Gasteiger partial charge in [0.1, 0.15) is 5.52 Å². The average molecular weight is 230 g/mol. The van der Waals surface area contributed by atoms with E-state index in [4.69, 9.17) is 5.73 Å². The highest BCUT2D eigenvalue weighted by molar-refractivity contribution is 6.05. The molecule has 1 amide bonds. The Balaban J connectivity index is 2.70. The van der Waals surface area contributed by atoms with Crippen LogP contribution in [0.15, 0.2) is 24.5 Å². The predicted octanol–water partition coefficient (Wildman–Crippen LogP) is 1.55. The van der Waals surface area contributed by atoms with Crippen LogP contribution in [-0.4, -0.2) is 21.9 Å². The Bertz CT molecular complexity index is 565. The third kappa shape index (κ3) is 2.18. The van der Waals surface area contributed by atoms with Crippen molar-refractivity contribution in [3.8, 4) is 0 Å². The molecule has 0 aromatic carbocycles. The van der Waals surface area contributed by atoms with Crippen molar-refractivity contribution in [2.24, 2.45) is 5.73 Å². The van der Waals surface area contributed by atoms with Crippen LogP contribution < -0.4 is 11.1 Å². The van der Waals surface area contributed by atoms with Crippen LogP contribution in [0.1, 0.15) is 24.2 Å². The van der Waals surface area contributed by atoms with Gasteiger partial charge in [-0.2, -0.15) is 0 Å². The number of nitrogens with one attached hydrogen (secondary N) is 1. The maximum Gasteiger partial charge on any atom is 0.252 e. The molecule has 0 aliphatic carbocycles. The minimum atomic E-state index is -0.506. The smallest absolute Gasteiger partial charge is 0.252 e. The van der Waals surface area contributed by atoms with E-state index in [0.717, 1.165) is 5.52 Å². The number of aromatic nitrogens is 2. The fourth-order valence-electron chi connectivity index (χ4n) is 1.64. The number of fused-ring (bicyclic) bond motifs is 1. The van der Waals surface area contributed by atoms with E-state index in [-0.39, 0.29) is 6.04 Å². The number of hydrogen-bond donors (Lipinski definition) is 2. The van der Waals surface area contributed by atoms with Gasteiger partial charge in [0.2, 0.25) is 0 Å². The van der Waals surface area contributed by atoms with Crippen LogP contribution in [0.2, 0.25) is 0 Å². The molecule has 0 saturated carbocycles. The summed E-state index contributed by atoms with van der Waals surface area (Å²) in [4.78, 5) is 19.8. The van der Waals surface area contributed by atoms with Crippen molar-refractivity contribution in [1.29, 1.82) is 0 Å². The number of anilines is 1. The van der Waals surface area contributed by atoms with Gasteiger partial charge in [-0.05, 0) is 26.0 Å². The zero-order valence-electron chi connectivity index (χ0n) is 9.77.